The van der Waals surface area contributed by atoms with E-state index in [1.54, 1.807) is 24.3 Å². The minimum Gasteiger partial charge on any atom is -0.465 e. The number of hydrogen-bond donors (Lipinski definition) is 2. The third-order valence-corrected chi connectivity index (χ3v) is 2.84. The number of rotatable bonds is 6. The summed E-state index contributed by atoms with van der Waals surface area (Å²) in [5, 5.41) is 2.79. The van der Waals surface area contributed by atoms with E-state index in [1.165, 1.54) is 7.11 Å². The predicted molar refractivity (Wildman–Crippen MR) is 72.5 cm³/mol. The van der Waals surface area contributed by atoms with Crippen LogP contribution in [-0.4, -0.2) is 25.0 Å². The molecule has 0 aromatic heterocycles. The molecule has 3 N–H and O–H groups in total. The van der Waals surface area contributed by atoms with Crippen LogP contribution in [0.25, 0.3) is 0 Å². The molecule has 0 saturated carbocycles. The highest BCUT2D eigenvalue weighted by Crippen LogP contribution is 2.05. The Hall–Kier alpha value is -1.88. The van der Waals surface area contributed by atoms with Gasteiger partial charge >= 0.3 is 5.97 Å². The molecule has 0 radical (unpaired) electrons. The molecule has 0 heterocycles. The molecular formula is C14H20N2O3. The van der Waals surface area contributed by atoms with Crippen LogP contribution in [0.5, 0.6) is 0 Å². The molecule has 0 fully saturated rings. The average molecular weight is 264 g/mol. The van der Waals surface area contributed by atoms with Gasteiger partial charge < -0.3 is 15.8 Å². The van der Waals surface area contributed by atoms with Crippen LogP contribution >= 0.6 is 0 Å². The molecule has 0 aliphatic rings. The summed E-state index contributed by atoms with van der Waals surface area (Å²) in [7, 11) is 1.34. The number of nitrogens with two attached hydrogens (primary N) is 1. The molecule has 5 nitrogen and oxygen atoms in total. The molecule has 1 rings (SSSR count). The molecule has 19 heavy (non-hydrogen) atoms. The Bertz CT molecular complexity index is 429. The summed E-state index contributed by atoms with van der Waals surface area (Å²) >= 11 is 0. The topological polar surface area (TPSA) is 81.4 Å². The lowest BCUT2D eigenvalue weighted by Gasteiger charge is -2.09. The van der Waals surface area contributed by atoms with Crippen LogP contribution < -0.4 is 11.1 Å². The van der Waals surface area contributed by atoms with E-state index in [2.05, 4.69) is 10.1 Å². The Morgan fingerprint density at radius 1 is 1.32 bits per heavy atom. The first-order valence-electron chi connectivity index (χ1n) is 6.26. The normalized spacial score (nSPS) is 11.7. The van der Waals surface area contributed by atoms with Crippen molar-refractivity contribution in [2.75, 3.05) is 7.11 Å². The second-order valence-corrected chi connectivity index (χ2v) is 4.34. The van der Waals surface area contributed by atoms with Crippen LogP contribution in [0, 0.1) is 0 Å². The lowest BCUT2D eigenvalue weighted by Crippen LogP contribution is -2.30. The zero-order chi connectivity index (χ0) is 14.3. The second kappa shape index (κ2) is 7.53. The Morgan fingerprint density at radius 2 is 1.95 bits per heavy atom. The van der Waals surface area contributed by atoms with Gasteiger partial charge in [-0.25, -0.2) is 4.79 Å². The highest BCUT2D eigenvalue weighted by Gasteiger charge is 2.08. The smallest absolute Gasteiger partial charge is 0.337 e. The Morgan fingerprint density at radius 3 is 2.47 bits per heavy atom. The SMILES string of the molecule is CCC(N)CC(=O)NCc1ccc(C(=O)OC)cc1. The number of ether oxygens (including phenoxy) is 1. The summed E-state index contributed by atoms with van der Waals surface area (Å²) in [5.74, 6) is -0.434. The number of benzene rings is 1. The van der Waals surface area contributed by atoms with Gasteiger partial charge in [0.1, 0.15) is 0 Å². The van der Waals surface area contributed by atoms with Crippen LogP contribution in [0.2, 0.25) is 0 Å². The summed E-state index contributed by atoms with van der Waals surface area (Å²) in [5.41, 5.74) is 7.11. The first kappa shape index (κ1) is 15.2. The van der Waals surface area contributed by atoms with Crippen LogP contribution in [0.3, 0.4) is 0 Å². The molecule has 0 bridgehead atoms. The van der Waals surface area contributed by atoms with Gasteiger partial charge in [0, 0.05) is 19.0 Å². The fraction of sp³-hybridized carbons (Fsp3) is 0.429. The highest BCUT2D eigenvalue weighted by molar-refractivity contribution is 5.89. The first-order valence-corrected chi connectivity index (χ1v) is 6.26. The van der Waals surface area contributed by atoms with Gasteiger partial charge in [-0.15, -0.1) is 0 Å². The number of nitrogens with one attached hydrogen (secondary N) is 1. The van der Waals surface area contributed by atoms with Crippen LogP contribution in [0.1, 0.15) is 35.7 Å². The molecule has 1 amide bonds. The maximum absolute atomic E-state index is 11.5. The van der Waals surface area contributed by atoms with Crippen molar-refractivity contribution in [1.82, 2.24) is 5.32 Å². The summed E-state index contributed by atoms with van der Waals surface area (Å²) in [6.45, 7) is 2.38. The Balaban J connectivity index is 2.46. The largest absolute Gasteiger partial charge is 0.465 e. The van der Waals surface area contributed by atoms with Crippen molar-refractivity contribution in [2.24, 2.45) is 5.73 Å². The van der Waals surface area contributed by atoms with E-state index < -0.39 is 0 Å². The minimum absolute atomic E-state index is 0.0635. The molecule has 1 atom stereocenters. The molecule has 0 aliphatic carbocycles. The molecule has 5 heteroatoms. The van der Waals surface area contributed by atoms with Crippen LogP contribution in [0.15, 0.2) is 24.3 Å². The zero-order valence-electron chi connectivity index (χ0n) is 11.3. The van der Waals surface area contributed by atoms with Crippen LogP contribution in [-0.2, 0) is 16.1 Å². The molecule has 104 valence electrons. The summed E-state index contributed by atoms with van der Waals surface area (Å²) in [6.07, 6.45) is 1.11. The number of hydrogen-bond acceptors (Lipinski definition) is 4. The zero-order valence-corrected chi connectivity index (χ0v) is 11.3. The summed E-state index contributed by atoms with van der Waals surface area (Å²) in [4.78, 5) is 22.8. The Labute approximate surface area is 113 Å². The van der Waals surface area contributed by atoms with E-state index >= 15 is 0 Å². The summed E-state index contributed by atoms with van der Waals surface area (Å²) in [6, 6.07) is 6.82. The third kappa shape index (κ3) is 5.09. The highest BCUT2D eigenvalue weighted by atomic mass is 16.5. The molecule has 0 spiro atoms. The minimum atomic E-state index is -0.371. The van der Waals surface area contributed by atoms with E-state index in [0.717, 1.165) is 12.0 Å². The van der Waals surface area contributed by atoms with Gasteiger partial charge in [0.2, 0.25) is 5.91 Å². The number of carbonyl (C=O) groups is 2. The molecule has 1 unspecified atom stereocenters. The van der Waals surface area contributed by atoms with Gasteiger partial charge in [-0.2, -0.15) is 0 Å². The predicted octanol–water partition coefficient (Wildman–Crippen LogP) is 1.22. The molecule has 0 aliphatic heterocycles. The molecular weight excluding hydrogens is 244 g/mol. The maximum atomic E-state index is 11.5. The number of carbonyl (C=O) groups excluding carboxylic acids is 2. The van der Waals surface area contributed by atoms with E-state index in [-0.39, 0.29) is 17.9 Å². The van der Waals surface area contributed by atoms with Gasteiger partial charge in [0.15, 0.2) is 0 Å². The third-order valence-electron chi connectivity index (χ3n) is 2.84. The van der Waals surface area contributed by atoms with Crippen LogP contribution in [0.4, 0.5) is 0 Å². The summed E-state index contributed by atoms with van der Waals surface area (Å²) < 4.78 is 4.61. The van der Waals surface area contributed by atoms with Crippen molar-refractivity contribution >= 4 is 11.9 Å². The fourth-order valence-electron chi connectivity index (χ4n) is 1.53. The van der Waals surface area contributed by atoms with Gasteiger partial charge in [0.05, 0.1) is 12.7 Å². The van der Waals surface area contributed by atoms with Gasteiger partial charge in [-0.05, 0) is 24.1 Å². The van der Waals surface area contributed by atoms with E-state index in [9.17, 15) is 9.59 Å². The molecule has 1 aromatic carbocycles. The van der Waals surface area contributed by atoms with E-state index in [4.69, 9.17) is 5.73 Å². The number of esters is 1. The van der Waals surface area contributed by atoms with Gasteiger partial charge in [-0.1, -0.05) is 19.1 Å². The maximum Gasteiger partial charge on any atom is 0.337 e. The quantitative estimate of drug-likeness (QED) is 0.757. The van der Waals surface area contributed by atoms with Crippen molar-refractivity contribution in [3.8, 4) is 0 Å². The molecule has 1 aromatic rings. The van der Waals surface area contributed by atoms with Crippen molar-refractivity contribution in [3.63, 3.8) is 0 Å². The van der Waals surface area contributed by atoms with E-state index in [1.807, 2.05) is 6.92 Å². The number of methoxy groups -OCH3 is 1. The standard InChI is InChI=1S/C14H20N2O3/c1-3-12(15)8-13(17)16-9-10-4-6-11(7-5-10)14(18)19-2/h4-7,12H,3,8-9,15H2,1-2H3,(H,16,17). The first-order chi connectivity index (χ1) is 9.06. The second-order valence-electron chi connectivity index (χ2n) is 4.34. The average Bonchev–Trinajstić information content (AvgIpc) is 2.44. The van der Waals surface area contributed by atoms with Crippen molar-refractivity contribution < 1.29 is 14.3 Å². The fourth-order valence-corrected chi connectivity index (χ4v) is 1.53. The lowest BCUT2D eigenvalue weighted by atomic mass is 10.1. The van der Waals surface area contributed by atoms with Crippen molar-refractivity contribution in [1.29, 1.82) is 0 Å². The van der Waals surface area contributed by atoms with Crippen molar-refractivity contribution in [3.05, 3.63) is 35.4 Å². The number of amides is 1. The van der Waals surface area contributed by atoms with Gasteiger partial charge in [0.25, 0.3) is 0 Å². The molecule has 0 saturated heterocycles. The Kier molecular flexibility index (Phi) is 6.02. The van der Waals surface area contributed by atoms with Gasteiger partial charge in [-0.3, -0.25) is 4.79 Å². The monoisotopic (exact) mass is 264 g/mol. The lowest BCUT2D eigenvalue weighted by molar-refractivity contribution is -0.121. The van der Waals surface area contributed by atoms with E-state index in [0.29, 0.717) is 18.5 Å². The van der Waals surface area contributed by atoms with Crippen molar-refractivity contribution in [2.45, 2.75) is 32.4 Å².